The zero-order valence-corrected chi connectivity index (χ0v) is 14.3. The first-order valence-corrected chi connectivity index (χ1v) is 8.78. The maximum absolute atomic E-state index is 12.8. The Morgan fingerprint density at radius 3 is 2.29 bits per heavy atom. The molecule has 4 nitrogen and oxygen atoms in total. The van der Waals surface area contributed by atoms with Gasteiger partial charge in [-0.05, 0) is 23.8 Å². The second-order valence-electron chi connectivity index (χ2n) is 4.37. The molecule has 0 fully saturated rings. The van der Waals surface area contributed by atoms with Crippen LogP contribution in [0.3, 0.4) is 0 Å². The lowest BCUT2D eigenvalue weighted by atomic mass is 10.2. The van der Waals surface area contributed by atoms with E-state index in [2.05, 4.69) is 21.2 Å². The highest BCUT2D eigenvalue weighted by Gasteiger charge is 2.35. The third-order valence-electron chi connectivity index (χ3n) is 3.07. The van der Waals surface area contributed by atoms with Gasteiger partial charge in [-0.1, -0.05) is 52.3 Å². The number of nitrogens with one attached hydrogen (secondary N) is 1. The molecule has 0 aliphatic heterocycles. The van der Waals surface area contributed by atoms with Crippen LogP contribution in [0.2, 0.25) is 0 Å². The topological polar surface area (TPSA) is 47.6 Å². The molecule has 1 unspecified atom stereocenters. The average molecular weight is 370 g/mol. The molecule has 2 aromatic rings. The third kappa shape index (κ3) is 3.95. The fourth-order valence-electron chi connectivity index (χ4n) is 2.00. The Labute approximate surface area is 133 Å². The van der Waals surface area contributed by atoms with Gasteiger partial charge in [0.1, 0.15) is 0 Å². The number of benzene rings is 2. The molecule has 2 aromatic carbocycles. The molecule has 2 rings (SSSR count). The molecule has 112 valence electrons. The maximum Gasteiger partial charge on any atom is 0.356 e. The highest BCUT2D eigenvalue weighted by molar-refractivity contribution is 9.10. The summed E-state index contributed by atoms with van der Waals surface area (Å²) in [6.45, 7) is 0. The molecule has 21 heavy (non-hydrogen) atoms. The number of anilines is 1. The van der Waals surface area contributed by atoms with Crippen molar-refractivity contribution in [2.45, 2.75) is 5.78 Å². The summed E-state index contributed by atoms with van der Waals surface area (Å²) in [5.41, 5.74) is 1.66. The average Bonchev–Trinajstić information content (AvgIpc) is 2.53. The minimum absolute atomic E-state index is 0.581. The normalized spacial score (nSPS) is 12.9. The van der Waals surface area contributed by atoms with Crippen molar-refractivity contribution >= 4 is 29.2 Å². The molecular weight excluding hydrogens is 353 g/mol. The zero-order valence-electron chi connectivity index (χ0n) is 11.8. The minimum Gasteiger partial charge on any atom is -0.368 e. The van der Waals surface area contributed by atoms with Crippen LogP contribution < -0.4 is 5.32 Å². The van der Waals surface area contributed by atoms with Crippen molar-refractivity contribution < 1.29 is 13.6 Å². The van der Waals surface area contributed by atoms with Crippen molar-refractivity contribution in [2.75, 3.05) is 19.5 Å². The van der Waals surface area contributed by atoms with Gasteiger partial charge in [-0.2, -0.15) is 0 Å². The monoisotopic (exact) mass is 369 g/mol. The van der Waals surface area contributed by atoms with Crippen molar-refractivity contribution in [3.8, 4) is 0 Å². The van der Waals surface area contributed by atoms with E-state index in [-0.39, 0.29) is 0 Å². The van der Waals surface area contributed by atoms with Crippen molar-refractivity contribution in [1.29, 1.82) is 0 Å². The van der Waals surface area contributed by atoms with Crippen LogP contribution >= 0.6 is 23.5 Å². The molecule has 0 radical (unpaired) electrons. The molecule has 0 amide bonds. The standard InChI is InChI=1S/C15H17BrNO3P/c1-19-21(18,20-2)15(12-7-4-3-5-8-12)17-14-10-6-9-13(16)11-14/h3-11,15,17H,1-2H3. The van der Waals surface area contributed by atoms with E-state index in [0.29, 0.717) is 0 Å². The molecule has 6 heteroatoms. The molecule has 1 N–H and O–H groups in total. The SMILES string of the molecule is COP(=O)(OC)C(Nc1cccc(Br)c1)c1ccccc1. The van der Waals surface area contributed by atoms with Crippen LogP contribution in [0.5, 0.6) is 0 Å². The first-order valence-electron chi connectivity index (χ1n) is 6.37. The summed E-state index contributed by atoms with van der Waals surface area (Å²) in [6, 6.07) is 17.1. The van der Waals surface area contributed by atoms with Gasteiger partial charge in [0.25, 0.3) is 0 Å². The third-order valence-corrected chi connectivity index (χ3v) is 5.64. The Kier molecular flexibility index (Phi) is 5.59. The number of halogens is 1. The molecule has 0 aromatic heterocycles. The molecule has 0 heterocycles. The molecular formula is C15H17BrNO3P. The molecule has 0 aliphatic rings. The fourth-order valence-corrected chi connectivity index (χ4v) is 3.82. The van der Waals surface area contributed by atoms with Gasteiger partial charge in [0, 0.05) is 24.4 Å². The van der Waals surface area contributed by atoms with Crippen molar-refractivity contribution in [1.82, 2.24) is 0 Å². The fraction of sp³-hybridized carbons (Fsp3) is 0.200. The van der Waals surface area contributed by atoms with E-state index in [9.17, 15) is 4.57 Å². The lowest BCUT2D eigenvalue weighted by molar-refractivity contribution is 0.268. The van der Waals surface area contributed by atoms with Gasteiger partial charge in [0.15, 0.2) is 5.78 Å². The minimum atomic E-state index is -3.32. The first-order chi connectivity index (χ1) is 10.1. The van der Waals surface area contributed by atoms with E-state index in [0.717, 1.165) is 15.7 Å². The summed E-state index contributed by atoms with van der Waals surface area (Å²) in [6.07, 6.45) is 0. The van der Waals surface area contributed by atoms with Crippen LogP contribution in [-0.4, -0.2) is 14.2 Å². The van der Waals surface area contributed by atoms with E-state index >= 15 is 0 Å². The highest BCUT2D eigenvalue weighted by atomic mass is 79.9. The predicted octanol–water partition coefficient (Wildman–Crippen LogP) is 5.05. The summed E-state index contributed by atoms with van der Waals surface area (Å²) in [5, 5.41) is 3.24. The summed E-state index contributed by atoms with van der Waals surface area (Å²) >= 11 is 3.42. The lowest BCUT2D eigenvalue weighted by Gasteiger charge is -2.26. The summed E-state index contributed by atoms with van der Waals surface area (Å²) < 4.78 is 24.1. The Morgan fingerprint density at radius 2 is 1.71 bits per heavy atom. The summed E-state index contributed by atoms with van der Waals surface area (Å²) in [5.74, 6) is -0.581. The van der Waals surface area contributed by atoms with Crippen LogP contribution in [0.1, 0.15) is 11.3 Å². The van der Waals surface area contributed by atoms with E-state index < -0.39 is 13.4 Å². The largest absolute Gasteiger partial charge is 0.368 e. The van der Waals surface area contributed by atoms with E-state index in [1.165, 1.54) is 14.2 Å². The van der Waals surface area contributed by atoms with Gasteiger partial charge < -0.3 is 14.4 Å². The van der Waals surface area contributed by atoms with Gasteiger partial charge in [-0.15, -0.1) is 0 Å². The molecule has 0 aliphatic carbocycles. The van der Waals surface area contributed by atoms with Crippen LogP contribution in [0.15, 0.2) is 59.1 Å². The molecule has 0 bridgehead atoms. The van der Waals surface area contributed by atoms with Gasteiger partial charge >= 0.3 is 7.60 Å². The Bertz CT molecular complexity index is 628. The maximum atomic E-state index is 12.8. The second-order valence-corrected chi connectivity index (χ2v) is 7.61. The second kappa shape index (κ2) is 7.23. The molecule has 0 spiro atoms. The lowest BCUT2D eigenvalue weighted by Crippen LogP contribution is -2.13. The predicted molar refractivity (Wildman–Crippen MR) is 88.6 cm³/mol. The van der Waals surface area contributed by atoms with Crippen LogP contribution in [-0.2, 0) is 13.6 Å². The highest BCUT2D eigenvalue weighted by Crippen LogP contribution is 2.59. The van der Waals surface area contributed by atoms with Gasteiger partial charge in [0.2, 0.25) is 0 Å². The molecule has 0 saturated heterocycles. The van der Waals surface area contributed by atoms with Gasteiger partial charge in [-0.3, -0.25) is 4.57 Å². The zero-order chi connectivity index (χ0) is 15.3. The quantitative estimate of drug-likeness (QED) is 0.724. The number of hydrogen-bond donors (Lipinski definition) is 1. The van der Waals surface area contributed by atoms with Gasteiger partial charge in [0.05, 0.1) is 0 Å². The molecule has 1 atom stereocenters. The summed E-state index contributed by atoms with van der Waals surface area (Å²) in [4.78, 5) is 0. The smallest absolute Gasteiger partial charge is 0.356 e. The van der Waals surface area contributed by atoms with E-state index in [1.807, 2.05) is 54.6 Å². The van der Waals surface area contributed by atoms with E-state index in [1.54, 1.807) is 0 Å². The van der Waals surface area contributed by atoms with Crippen LogP contribution in [0.4, 0.5) is 5.69 Å². The van der Waals surface area contributed by atoms with Crippen LogP contribution in [0.25, 0.3) is 0 Å². The Hall–Kier alpha value is -1.13. The first kappa shape index (κ1) is 16.2. The Morgan fingerprint density at radius 1 is 1.05 bits per heavy atom. The number of hydrogen-bond acceptors (Lipinski definition) is 4. The van der Waals surface area contributed by atoms with Crippen molar-refractivity contribution in [3.05, 3.63) is 64.6 Å². The van der Waals surface area contributed by atoms with Crippen molar-refractivity contribution in [2.24, 2.45) is 0 Å². The van der Waals surface area contributed by atoms with Crippen molar-refractivity contribution in [3.63, 3.8) is 0 Å². The summed E-state index contributed by atoms with van der Waals surface area (Å²) in [7, 11) is -0.537. The van der Waals surface area contributed by atoms with E-state index in [4.69, 9.17) is 9.05 Å². The Balaban J connectivity index is 2.39. The molecule has 0 saturated carbocycles. The van der Waals surface area contributed by atoms with Gasteiger partial charge in [-0.25, -0.2) is 0 Å². The van der Waals surface area contributed by atoms with Crippen LogP contribution in [0, 0.1) is 0 Å². The number of rotatable bonds is 6.